The Morgan fingerprint density at radius 2 is 1.88 bits per heavy atom. The summed E-state index contributed by atoms with van der Waals surface area (Å²) < 4.78 is 5.69. The number of aliphatic carboxylic acids is 1. The number of aromatic nitrogens is 1. The van der Waals surface area contributed by atoms with Gasteiger partial charge in [-0.15, -0.1) is 0 Å². The van der Waals surface area contributed by atoms with Gasteiger partial charge in [-0.25, -0.2) is 14.8 Å². The second-order valence-corrected chi connectivity index (χ2v) is 8.43. The van der Waals surface area contributed by atoms with Gasteiger partial charge in [0.05, 0.1) is 19.4 Å². The van der Waals surface area contributed by atoms with E-state index in [0.29, 0.717) is 23.8 Å². The summed E-state index contributed by atoms with van der Waals surface area (Å²) >= 11 is 0. The van der Waals surface area contributed by atoms with Crippen LogP contribution in [0.4, 0.5) is 16.3 Å². The topological polar surface area (TPSA) is 142 Å². The Balaban J connectivity index is 1.52. The quantitative estimate of drug-likeness (QED) is 0.423. The van der Waals surface area contributed by atoms with Crippen molar-refractivity contribution in [2.24, 2.45) is 10.9 Å². The first-order valence-corrected chi connectivity index (χ1v) is 11.1. The van der Waals surface area contributed by atoms with Crippen LogP contribution in [0.5, 0.6) is 0 Å². The van der Waals surface area contributed by atoms with Gasteiger partial charge in [0.2, 0.25) is 11.8 Å². The van der Waals surface area contributed by atoms with E-state index in [-0.39, 0.29) is 31.2 Å². The number of nitrogens with zero attached hydrogens (tertiary/aromatic N) is 2. The fourth-order valence-electron chi connectivity index (χ4n) is 3.48. The van der Waals surface area contributed by atoms with Gasteiger partial charge in [0.1, 0.15) is 18.0 Å². The molecule has 10 heteroatoms. The molecule has 0 aliphatic carbocycles. The lowest BCUT2D eigenvalue weighted by Gasteiger charge is -2.21. The second-order valence-electron chi connectivity index (χ2n) is 8.43. The number of nitrogens with one attached hydrogen (secondary N) is 3. The molecule has 1 aromatic carbocycles. The molecule has 2 unspecified atom stereocenters. The third-order valence-corrected chi connectivity index (χ3v) is 4.96. The average molecular weight is 468 g/mol. The molecule has 1 aromatic heterocycles. The maximum Gasteiger partial charge on any atom is 0.324 e. The Bertz CT molecular complexity index is 1020. The monoisotopic (exact) mass is 467 g/mol. The highest BCUT2D eigenvalue weighted by Crippen LogP contribution is 2.16. The molecule has 0 saturated carbocycles. The van der Waals surface area contributed by atoms with Crippen LogP contribution in [0.15, 0.2) is 53.7 Å². The third-order valence-electron chi connectivity index (χ3n) is 4.96. The zero-order valence-electron chi connectivity index (χ0n) is 19.2. The van der Waals surface area contributed by atoms with Crippen LogP contribution in [0.3, 0.4) is 0 Å². The molecule has 4 N–H and O–H groups in total. The Morgan fingerprint density at radius 3 is 2.53 bits per heavy atom. The van der Waals surface area contributed by atoms with E-state index < -0.39 is 24.1 Å². The van der Waals surface area contributed by atoms with Crippen LogP contribution < -0.4 is 16.0 Å². The van der Waals surface area contributed by atoms with Crippen molar-refractivity contribution in [1.82, 2.24) is 10.3 Å². The number of carbonyl (C=O) groups is 3. The number of amides is 3. The molecular weight excluding hydrogens is 438 g/mol. The molecule has 3 amide bonds. The van der Waals surface area contributed by atoms with Gasteiger partial charge >= 0.3 is 12.0 Å². The number of rotatable bonds is 10. The van der Waals surface area contributed by atoms with Crippen LogP contribution in [0.25, 0.3) is 0 Å². The number of pyridine rings is 1. The van der Waals surface area contributed by atoms with Crippen molar-refractivity contribution >= 4 is 35.3 Å². The fraction of sp³-hybridized carbons (Fsp3) is 0.375. The number of benzene rings is 1. The zero-order valence-corrected chi connectivity index (χ0v) is 19.2. The SMILES string of the molecule is CC(C)CC(NC(=O)Cc1ccc(NC(=O)Nc2ccccn2)cc1)C1=NCC(CC(=O)O)O1. The number of ether oxygens (including phenoxy) is 1. The van der Waals surface area contributed by atoms with Crippen LogP contribution in [0.1, 0.15) is 32.3 Å². The van der Waals surface area contributed by atoms with Crippen LogP contribution >= 0.6 is 0 Å². The van der Waals surface area contributed by atoms with Crippen molar-refractivity contribution < 1.29 is 24.2 Å². The minimum Gasteiger partial charge on any atom is -0.481 e. The summed E-state index contributed by atoms with van der Waals surface area (Å²) in [5.74, 6) is -0.0517. The number of anilines is 2. The molecule has 2 heterocycles. The van der Waals surface area contributed by atoms with Crippen LogP contribution in [0.2, 0.25) is 0 Å². The molecule has 2 aromatic rings. The lowest BCUT2D eigenvalue weighted by molar-refractivity contribution is -0.138. The van der Waals surface area contributed by atoms with Gasteiger partial charge in [0.25, 0.3) is 0 Å². The number of carbonyl (C=O) groups excluding carboxylic acids is 2. The van der Waals surface area contributed by atoms with Crippen molar-refractivity contribution in [3.05, 3.63) is 54.2 Å². The number of aliphatic imine (C=N–C) groups is 1. The summed E-state index contributed by atoms with van der Waals surface area (Å²) in [4.78, 5) is 44.0. The number of hydrogen-bond donors (Lipinski definition) is 4. The summed E-state index contributed by atoms with van der Waals surface area (Å²) in [5.41, 5.74) is 1.35. The molecule has 180 valence electrons. The predicted octanol–water partition coefficient (Wildman–Crippen LogP) is 3.07. The Labute approximate surface area is 197 Å². The molecule has 0 bridgehead atoms. The third kappa shape index (κ3) is 7.88. The molecule has 0 fully saturated rings. The number of carboxylic acid groups (broad SMARTS) is 1. The maximum atomic E-state index is 12.7. The maximum absolute atomic E-state index is 12.7. The van der Waals surface area contributed by atoms with E-state index in [2.05, 4.69) is 25.9 Å². The van der Waals surface area contributed by atoms with E-state index in [1.54, 1.807) is 48.7 Å². The standard InChI is InChI=1S/C24H29N5O5/c1-15(2)11-19(23-26-14-18(34-23)13-22(31)32)28-21(30)12-16-6-8-17(9-7-16)27-24(33)29-20-5-3-4-10-25-20/h3-10,15,18-19H,11-14H2,1-2H3,(H,28,30)(H,31,32)(H2,25,27,29,33). The number of hydrogen-bond acceptors (Lipinski definition) is 6. The van der Waals surface area contributed by atoms with Crippen molar-refractivity contribution in [3.63, 3.8) is 0 Å². The minimum atomic E-state index is -0.946. The lowest BCUT2D eigenvalue weighted by Crippen LogP contribution is -2.43. The van der Waals surface area contributed by atoms with Crippen LogP contribution in [0, 0.1) is 5.92 Å². The van der Waals surface area contributed by atoms with E-state index in [1.165, 1.54) is 0 Å². The van der Waals surface area contributed by atoms with Crippen molar-refractivity contribution in [2.75, 3.05) is 17.2 Å². The first kappa shape index (κ1) is 24.7. The summed E-state index contributed by atoms with van der Waals surface area (Å²) in [6.45, 7) is 4.33. The molecule has 0 saturated heterocycles. The highest BCUT2D eigenvalue weighted by Gasteiger charge is 2.29. The van der Waals surface area contributed by atoms with Gasteiger partial charge < -0.3 is 20.5 Å². The summed E-state index contributed by atoms with van der Waals surface area (Å²) in [5, 5.41) is 17.3. The minimum absolute atomic E-state index is 0.129. The number of urea groups is 1. The van der Waals surface area contributed by atoms with Crippen LogP contribution in [-0.4, -0.2) is 52.6 Å². The molecule has 0 spiro atoms. The van der Waals surface area contributed by atoms with Gasteiger partial charge in [0, 0.05) is 11.9 Å². The molecular formula is C24H29N5O5. The van der Waals surface area contributed by atoms with Crippen LogP contribution in [-0.2, 0) is 20.7 Å². The molecule has 10 nitrogen and oxygen atoms in total. The van der Waals surface area contributed by atoms with Crippen molar-refractivity contribution in [3.8, 4) is 0 Å². The van der Waals surface area contributed by atoms with Gasteiger partial charge in [-0.05, 0) is 42.2 Å². The van der Waals surface area contributed by atoms with Gasteiger partial charge in [-0.1, -0.05) is 32.0 Å². The zero-order chi connectivity index (χ0) is 24.5. The molecule has 0 radical (unpaired) electrons. The van der Waals surface area contributed by atoms with Gasteiger partial charge in [-0.3, -0.25) is 14.9 Å². The second kappa shape index (κ2) is 11.8. The van der Waals surface area contributed by atoms with Crippen molar-refractivity contribution in [1.29, 1.82) is 0 Å². The van der Waals surface area contributed by atoms with E-state index in [4.69, 9.17) is 9.84 Å². The molecule has 3 rings (SSSR count). The highest BCUT2D eigenvalue weighted by atomic mass is 16.5. The number of carboxylic acids is 1. The predicted molar refractivity (Wildman–Crippen MR) is 128 cm³/mol. The molecule has 34 heavy (non-hydrogen) atoms. The summed E-state index contributed by atoms with van der Waals surface area (Å²) in [7, 11) is 0. The molecule has 2 atom stereocenters. The first-order chi connectivity index (χ1) is 16.3. The van der Waals surface area contributed by atoms with E-state index in [0.717, 1.165) is 5.56 Å². The Hall–Kier alpha value is -3.95. The highest BCUT2D eigenvalue weighted by molar-refractivity contribution is 5.99. The van der Waals surface area contributed by atoms with Gasteiger partial charge in [-0.2, -0.15) is 0 Å². The lowest BCUT2D eigenvalue weighted by atomic mass is 10.0. The summed E-state index contributed by atoms with van der Waals surface area (Å²) in [6.07, 6.45) is 1.71. The fourth-order valence-corrected chi connectivity index (χ4v) is 3.48. The van der Waals surface area contributed by atoms with Crippen molar-refractivity contribution in [2.45, 2.75) is 45.3 Å². The first-order valence-electron chi connectivity index (χ1n) is 11.1. The molecule has 1 aliphatic heterocycles. The van der Waals surface area contributed by atoms with Gasteiger partial charge in [0.15, 0.2) is 0 Å². The smallest absolute Gasteiger partial charge is 0.324 e. The average Bonchev–Trinajstić information content (AvgIpc) is 3.23. The normalized spacial score (nSPS) is 15.7. The van der Waals surface area contributed by atoms with E-state index in [1.807, 2.05) is 13.8 Å². The largest absolute Gasteiger partial charge is 0.481 e. The van der Waals surface area contributed by atoms with E-state index >= 15 is 0 Å². The summed E-state index contributed by atoms with van der Waals surface area (Å²) in [6, 6.07) is 11.3. The Morgan fingerprint density at radius 1 is 1.12 bits per heavy atom. The Kier molecular flexibility index (Phi) is 8.55. The van der Waals surface area contributed by atoms with E-state index in [9.17, 15) is 14.4 Å². The molecule has 1 aliphatic rings.